The maximum absolute atomic E-state index is 6.06. The molecule has 0 amide bonds. The number of hydrogen-bond donors (Lipinski definition) is 0. The molecule has 1 fully saturated rings. The van der Waals surface area contributed by atoms with E-state index in [0.717, 1.165) is 25.1 Å². The van der Waals surface area contributed by atoms with E-state index in [4.69, 9.17) is 4.74 Å². The Morgan fingerprint density at radius 3 is 2.65 bits per heavy atom. The fourth-order valence-corrected chi connectivity index (χ4v) is 2.32. The van der Waals surface area contributed by atoms with Gasteiger partial charge in [0.1, 0.15) is 5.75 Å². The van der Waals surface area contributed by atoms with E-state index in [1.807, 2.05) is 0 Å². The molecule has 0 radical (unpaired) electrons. The van der Waals surface area contributed by atoms with Crippen molar-refractivity contribution in [2.75, 3.05) is 20.1 Å². The second-order valence-electron chi connectivity index (χ2n) is 4.97. The maximum atomic E-state index is 6.06. The fraction of sp³-hybridized carbons (Fsp3) is 0.600. The Hall–Kier alpha value is -1.02. The standard InChI is InChI=1S/C15H23NO/c1-3-13-6-8-15(9-7-13)17-14-5-4-11-16(2)12-10-14/h6-9,14H,3-5,10-12H2,1-2H3. The van der Waals surface area contributed by atoms with Crippen LogP contribution in [0.25, 0.3) is 0 Å². The van der Waals surface area contributed by atoms with E-state index in [0.29, 0.717) is 6.10 Å². The van der Waals surface area contributed by atoms with Crippen molar-refractivity contribution in [3.05, 3.63) is 29.8 Å². The van der Waals surface area contributed by atoms with Crippen molar-refractivity contribution < 1.29 is 4.74 Å². The molecule has 17 heavy (non-hydrogen) atoms. The van der Waals surface area contributed by atoms with E-state index in [9.17, 15) is 0 Å². The van der Waals surface area contributed by atoms with Crippen LogP contribution < -0.4 is 4.74 Å². The van der Waals surface area contributed by atoms with Gasteiger partial charge in [-0.25, -0.2) is 0 Å². The summed E-state index contributed by atoms with van der Waals surface area (Å²) in [6, 6.07) is 8.54. The maximum Gasteiger partial charge on any atom is 0.119 e. The first-order valence-electron chi connectivity index (χ1n) is 6.72. The molecule has 2 rings (SSSR count). The lowest BCUT2D eigenvalue weighted by molar-refractivity contribution is 0.183. The molecule has 94 valence electrons. The van der Waals surface area contributed by atoms with Crippen LogP contribution in [0, 0.1) is 0 Å². The molecule has 1 aromatic rings. The van der Waals surface area contributed by atoms with Gasteiger partial charge in [0.15, 0.2) is 0 Å². The molecule has 1 atom stereocenters. The first-order chi connectivity index (χ1) is 8.28. The Kier molecular flexibility index (Phi) is 4.43. The minimum absolute atomic E-state index is 0.396. The molecule has 1 aliphatic heterocycles. The Morgan fingerprint density at radius 2 is 1.94 bits per heavy atom. The lowest BCUT2D eigenvalue weighted by atomic mass is 10.1. The first kappa shape index (κ1) is 12.4. The molecule has 1 unspecified atom stereocenters. The highest BCUT2D eigenvalue weighted by atomic mass is 16.5. The van der Waals surface area contributed by atoms with Crippen molar-refractivity contribution in [3.8, 4) is 5.75 Å². The largest absolute Gasteiger partial charge is 0.490 e. The fourth-order valence-electron chi connectivity index (χ4n) is 2.32. The van der Waals surface area contributed by atoms with Crippen molar-refractivity contribution >= 4 is 0 Å². The number of nitrogens with zero attached hydrogens (tertiary/aromatic N) is 1. The summed E-state index contributed by atoms with van der Waals surface area (Å²) in [6.45, 7) is 4.53. The lowest BCUT2D eigenvalue weighted by Gasteiger charge is -2.17. The van der Waals surface area contributed by atoms with Crippen LogP contribution >= 0.6 is 0 Å². The van der Waals surface area contributed by atoms with Crippen LogP contribution in [0.2, 0.25) is 0 Å². The van der Waals surface area contributed by atoms with Crippen LogP contribution in [0.5, 0.6) is 5.75 Å². The van der Waals surface area contributed by atoms with Crippen molar-refractivity contribution in [3.63, 3.8) is 0 Å². The van der Waals surface area contributed by atoms with Gasteiger partial charge in [-0.1, -0.05) is 19.1 Å². The molecule has 0 aliphatic carbocycles. The number of ether oxygens (including phenoxy) is 1. The summed E-state index contributed by atoms with van der Waals surface area (Å²) in [5, 5.41) is 0. The summed E-state index contributed by atoms with van der Waals surface area (Å²) in [6.07, 6.45) is 5.06. The topological polar surface area (TPSA) is 12.5 Å². The molecule has 2 heteroatoms. The van der Waals surface area contributed by atoms with Crippen LogP contribution in [-0.4, -0.2) is 31.1 Å². The molecule has 1 aromatic carbocycles. The molecule has 0 bridgehead atoms. The highest BCUT2D eigenvalue weighted by Crippen LogP contribution is 2.19. The molecular weight excluding hydrogens is 210 g/mol. The summed E-state index contributed by atoms with van der Waals surface area (Å²) >= 11 is 0. The third-order valence-electron chi connectivity index (χ3n) is 3.53. The second kappa shape index (κ2) is 6.06. The van der Waals surface area contributed by atoms with Crippen molar-refractivity contribution in [1.82, 2.24) is 4.90 Å². The number of likely N-dealkylation sites (tertiary alicyclic amines) is 1. The Bertz CT molecular complexity index is 333. The zero-order chi connectivity index (χ0) is 12.1. The lowest BCUT2D eigenvalue weighted by Crippen LogP contribution is -2.21. The quantitative estimate of drug-likeness (QED) is 0.795. The van der Waals surface area contributed by atoms with E-state index in [1.54, 1.807) is 0 Å². The van der Waals surface area contributed by atoms with Crippen LogP contribution in [0.4, 0.5) is 0 Å². The van der Waals surface area contributed by atoms with Gasteiger partial charge in [0.25, 0.3) is 0 Å². The normalized spacial score (nSPS) is 22.1. The number of aryl methyl sites for hydroxylation is 1. The monoisotopic (exact) mass is 233 g/mol. The van der Waals surface area contributed by atoms with Crippen LogP contribution in [0.3, 0.4) is 0 Å². The third-order valence-corrected chi connectivity index (χ3v) is 3.53. The van der Waals surface area contributed by atoms with E-state index < -0.39 is 0 Å². The summed E-state index contributed by atoms with van der Waals surface area (Å²) in [7, 11) is 2.19. The third kappa shape index (κ3) is 3.74. The Morgan fingerprint density at radius 1 is 1.18 bits per heavy atom. The summed E-state index contributed by atoms with van der Waals surface area (Å²) in [4.78, 5) is 2.39. The number of hydrogen-bond acceptors (Lipinski definition) is 2. The SMILES string of the molecule is CCc1ccc(OC2CCCN(C)CC2)cc1. The van der Waals surface area contributed by atoms with Crippen molar-refractivity contribution in [2.24, 2.45) is 0 Å². The highest BCUT2D eigenvalue weighted by Gasteiger charge is 2.15. The van der Waals surface area contributed by atoms with E-state index >= 15 is 0 Å². The zero-order valence-electron chi connectivity index (χ0n) is 11.0. The van der Waals surface area contributed by atoms with Gasteiger partial charge in [-0.15, -0.1) is 0 Å². The average molecular weight is 233 g/mol. The van der Waals surface area contributed by atoms with Gasteiger partial charge in [-0.05, 0) is 57.0 Å². The smallest absolute Gasteiger partial charge is 0.119 e. The molecule has 0 N–H and O–H groups in total. The van der Waals surface area contributed by atoms with Gasteiger partial charge in [0.05, 0.1) is 6.10 Å². The Balaban J connectivity index is 1.90. The summed E-state index contributed by atoms with van der Waals surface area (Å²) in [5.74, 6) is 1.02. The predicted octanol–water partition coefficient (Wildman–Crippen LogP) is 3.11. The average Bonchev–Trinajstić information content (AvgIpc) is 2.56. The zero-order valence-corrected chi connectivity index (χ0v) is 11.0. The van der Waals surface area contributed by atoms with Gasteiger partial charge < -0.3 is 9.64 Å². The molecule has 1 heterocycles. The summed E-state index contributed by atoms with van der Waals surface area (Å²) < 4.78 is 6.06. The molecule has 2 nitrogen and oxygen atoms in total. The second-order valence-corrected chi connectivity index (χ2v) is 4.97. The predicted molar refractivity (Wildman–Crippen MR) is 71.6 cm³/mol. The van der Waals surface area contributed by atoms with Crippen LogP contribution in [0.1, 0.15) is 31.7 Å². The van der Waals surface area contributed by atoms with Crippen LogP contribution in [0.15, 0.2) is 24.3 Å². The van der Waals surface area contributed by atoms with E-state index in [2.05, 4.69) is 43.1 Å². The minimum Gasteiger partial charge on any atom is -0.490 e. The van der Waals surface area contributed by atoms with Gasteiger partial charge in [-0.2, -0.15) is 0 Å². The minimum atomic E-state index is 0.396. The number of benzene rings is 1. The van der Waals surface area contributed by atoms with Crippen molar-refractivity contribution in [1.29, 1.82) is 0 Å². The highest BCUT2D eigenvalue weighted by molar-refractivity contribution is 5.27. The molecule has 0 saturated carbocycles. The van der Waals surface area contributed by atoms with Gasteiger partial charge in [0, 0.05) is 6.54 Å². The van der Waals surface area contributed by atoms with Gasteiger partial charge in [-0.3, -0.25) is 0 Å². The molecule has 0 spiro atoms. The van der Waals surface area contributed by atoms with Crippen molar-refractivity contribution in [2.45, 2.75) is 38.7 Å². The molecular formula is C15H23NO. The van der Waals surface area contributed by atoms with Gasteiger partial charge >= 0.3 is 0 Å². The Labute approximate surface area is 105 Å². The van der Waals surface area contributed by atoms with E-state index in [-0.39, 0.29) is 0 Å². The van der Waals surface area contributed by atoms with Crippen LogP contribution in [-0.2, 0) is 6.42 Å². The number of rotatable bonds is 3. The molecule has 1 aliphatic rings. The molecule has 1 saturated heterocycles. The van der Waals surface area contributed by atoms with E-state index in [1.165, 1.54) is 24.9 Å². The van der Waals surface area contributed by atoms with Gasteiger partial charge in [0.2, 0.25) is 0 Å². The first-order valence-corrected chi connectivity index (χ1v) is 6.72. The molecule has 0 aromatic heterocycles. The summed E-state index contributed by atoms with van der Waals surface area (Å²) in [5.41, 5.74) is 1.37.